The van der Waals surface area contributed by atoms with Crippen LogP contribution in [-0.2, 0) is 16.4 Å². The molecular formula is C17H17N3O2S2. The molecule has 0 aliphatic rings. The van der Waals surface area contributed by atoms with Gasteiger partial charge in [0.05, 0.1) is 10.6 Å². The van der Waals surface area contributed by atoms with Crippen LogP contribution in [0.2, 0.25) is 0 Å². The molecule has 0 amide bonds. The van der Waals surface area contributed by atoms with Crippen LogP contribution in [0.5, 0.6) is 0 Å². The number of pyridine rings is 1. The summed E-state index contributed by atoms with van der Waals surface area (Å²) >= 11 is 1.53. The number of benzene rings is 1. The Morgan fingerprint density at radius 2 is 2.08 bits per heavy atom. The molecule has 1 aromatic carbocycles. The van der Waals surface area contributed by atoms with Crippen LogP contribution in [0.25, 0.3) is 10.6 Å². The van der Waals surface area contributed by atoms with E-state index in [0.29, 0.717) is 13.0 Å². The number of rotatable bonds is 6. The minimum atomic E-state index is -3.48. The van der Waals surface area contributed by atoms with Gasteiger partial charge in [-0.25, -0.2) is 18.1 Å². The second-order valence-corrected chi connectivity index (χ2v) is 7.98. The summed E-state index contributed by atoms with van der Waals surface area (Å²) in [7, 11) is -3.48. The summed E-state index contributed by atoms with van der Waals surface area (Å²) < 4.78 is 27.2. The van der Waals surface area contributed by atoms with Gasteiger partial charge in [0.1, 0.15) is 5.01 Å². The zero-order chi connectivity index (χ0) is 17.0. The van der Waals surface area contributed by atoms with Gasteiger partial charge in [-0.15, -0.1) is 11.3 Å². The van der Waals surface area contributed by atoms with E-state index in [4.69, 9.17) is 0 Å². The standard InChI is InChI=1S/C17H17N3O2S2/c1-13-4-2-6-16(10-13)24(21,22)19-9-7-15-12-23-17(20-15)14-5-3-8-18-11-14/h2-6,8,10-12,19H,7,9H2,1H3. The van der Waals surface area contributed by atoms with Gasteiger partial charge in [-0.1, -0.05) is 12.1 Å². The number of aryl methyl sites for hydroxylation is 1. The molecule has 7 heteroatoms. The van der Waals surface area contributed by atoms with Gasteiger partial charge in [-0.2, -0.15) is 0 Å². The molecule has 124 valence electrons. The molecule has 0 saturated heterocycles. The highest BCUT2D eigenvalue weighted by atomic mass is 32.2. The number of hydrogen-bond donors (Lipinski definition) is 1. The zero-order valence-electron chi connectivity index (χ0n) is 13.1. The third-order valence-electron chi connectivity index (χ3n) is 3.43. The monoisotopic (exact) mass is 359 g/mol. The maximum atomic E-state index is 12.3. The summed E-state index contributed by atoms with van der Waals surface area (Å²) in [6.07, 6.45) is 4.03. The summed E-state index contributed by atoms with van der Waals surface area (Å²) in [5.74, 6) is 0. The summed E-state index contributed by atoms with van der Waals surface area (Å²) in [6, 6.07) is 10.7. The molecule has 5 nitrogen and oxygen atoms in total. The first-order valence-electron chi connectivity index (χ1n) is 7.46. The fraction of sp³-hybridized carbons (Fsp3) is 0.176. The fourth-order valence-electron chi connectivity index (χ4n) is 2.22. The van der Waals surface area contributed by atoms with Gasteiger partial charge in [0.2, 0.25) is 10.0 Å². The Kier molecular flexibility index (Phi) is 5.03. The predicted molar refractivity (Wildman–Crippen MR) is 95.4 cm³/mol. The molecule has 24 heavy (non-hydrogen) atoms. The Bertz CT molecular complexity index is 922. The zero-order valence-corrected chi connectivity index (χ0v) is 14.8. The molecule has 3 aromatic rings. The lowest BCUT2D eigenvalue weighted by Crippen LogP contribution is -2.26. The first kappa shape index (κ1) is 16.8. The molecule has 2 aromatic heterocycles. The maximum absolute atomic E-state index is 12.3. The van der Waals surface area contributed by atoms with E-state index >= 15 is 0 Å². The van der Waals surface area contributed by atoms with Crippen LogP contribution in [0.1, 0.15) is 11.3 Å². The molecule has 0 bridgehead atoms. The molecule has 3 rings (SSSR count). The molecule has 0 radical (unpaired) electrons. The molecule has 0 unspecified atom stereocenters. The number of hydrogen-bond acceptors (Lipinski definition) is 5. The maximum Gasteiger partial charge on any atom is 0.240 e. The Hall–Kier alpha value is -2.09. The largest absolute Gasteiger partial charge is 0.264 e. The molecule has 1 N–H and O–H groups in total. The highest BCUT2D eigenvalue weighted by molar-refractivity contribution is 7.89. The first-order chi connectivity index (χ1) is 11.5. The van der Waals surface area contributed by atoms with Crippen LogP contribution in [0, 0.1) is 6.92 Å². The van der Waals surface area contributed by atoms with Crippen LogP contribution >= 0.6 is 11.3 Å². The van der Waals surface area contributed by atoms with Crippen LogP contribution in [0.3, 0.4) is 0 Å². The van der Waals surface area contributed by atoms with Crippen molar-refractivity contribution in [1.82, 2.24) is 14.7 Å². The minimum Gasteiger partial charge on any atom is -0.264 e. The van der Waals surface area contributed by atoms with Crippen molar-refractivity contribution >= 4 is 21.4 Å². The number of nitrogens with zero attached hydrogens (tertiary/aromatic N) is 2. The van der Waals surface area contributed by atoms with Crippen molar-refractivity contribution in [1.29, 1.82) is 0 Å². The van der Waals surface area contributed by atoms with Gasteiger partial charge < -0.3 is 0 Å². The summed E-state index contributed by atoms with van der Waals surface area (Å²) in [4.78, 5) is 8.90. The van der Waals surface area contributed by atoms with E-state index in [1.165, 1.54) is 11.3 Å². The summed E-state index contributed by atoms with van der Waals surface area (Å²) in [6.45, 7) is 2.18. The molecule has 0 saturated carbocycles. The van der Waals surface area contributed by atoms with E-state index in [2.05, 4.69) is 14.7 Å². The lowest BCUT2D eigenvalue weighted by Gasteiger charge is -2.06. The average molecular weight is 359 g/mol. The van der Waals surface area contributed by atoms with Crippen molar-refractivity contribution < 1.29 is 8.42 Å². The van der Waals surface area contributed by atoms with Gasteiger partial charge in [-0.05, 0) is 36.8 Å². The number of nitrogens with one attached hydrogen (secondary N) is 1. The molecule has 0 fully saturated rings. The minimum absolute atomic E-state index is 0.289. The Balaban J connectivity index is 1.62. The van der Waals surface area contributed by atoms with Crippen molar-refractivity contribution in [3.05, 3.63) is 65.4 Å². The van der Waals surface area contributed by atoms with Crippen molar-refractivity contribution in [3.8, 4) is 10.6 Å². The quantitative estimate of drug-likeness (QED) is 0.734. The lowest BCUT2D eigenvalue weighted by molar-refractivity contribution is 0.581. The number of thiazole rings is 1. The van der Waals surface area contributed by atoms with E-state index in [1.807, 2.05) is 30.5 Å². The van der Waals surface area contributed by atoms with E-state index in [9.17, 15) is 8.42 Å². The average Bonchev–Trinajstić information content (AvgIpc) is 3.04. The van der Waals surface area contributed by atoms with Gasteiger partial charge in [0.25, 0.3) is 0 Å². The Morgan fingerprint density at radius 3 is 2.83 bits per heavy atom. The van der Waals surface area contributed by atoms with Crippen LogP contribution in [0.4, 0.5) is 0 Å². The van der Waals surface area contributed by atoms with E-state index in [-0.39, 0.29) is 4.90 Å². The molecule has 2 heterocycles. The third-order valence-corrected chi connectivity index (χ3v) is 5.83. The van der Waals surface area contributed by atoms with Crippen molar-refractivity contribution in [3.63, 3.8) is 0 Å². The van der Waals surface area contributed by atoms with E-state index < -0.39 is 10.0 Å². The van der Waals surface area contributed by atoms with Gasteiger partial charge in [-0.3, -0.25) is 4.98 Å². The van der Waals surface area contributed by atoms with Crippen LogP contribution in [0.15, 0.2) is 59.1 Å². The second kappa shape index (κ2) is 7.21. The molecule has 0 aliphatic carbocycles. The van der Waals surface area contributed by atoms with Gasteiger partial charge in [0, 0.05) is 36.3 Å². The smallest absolute Gasteiger partial charge is 0.240 e. The molecule has 0 atom stereocenters. The summed E-state index contributed by atoms with van der Waals surface area (Å²) in [5.41, 5.74) is 2.75. The predicted octanol–water partition coefficient (Wildman–Crippen LogP) is 3.03. The van der Waals surface area contributed by atoms with Crippen LogP contribution in [-0.4, -0.2) is 24.9 Å². The highest BCUT2D eigenvalue weighted by Gasteiger charge is 2.13. The van der Waals surface area contributed by atoms with E-state index in [0.717, 1.165) is 21.8 Å². The Morgan fingerprint density at radius 1 is 1.21 bits per heavy atom. The van der Waals surface area contributed by atoms with Gasteiger partial charge >= 0.3 is 0 Å². The second-order valence-electron chi connectivity index (χ2n) is 5.35. The molecular weight excluding hydrogens is 342 g/mol. The lowest BCUT2D eigenvalue weighted by atomic mass is 10.2. The molecule has 0 spiro atoms. The molecule has 0 aliphatic heterocycles. The van der Waals surface area contributed by atoms with Crippen molar-refractivity contribution in [2.45, 2.75) is 18.2 Å². The van der Waals surface area contributed by atoms with Crippen molar-refractivity contribution in [2.75, 3.05) is 6.54 Å². The third kappa shape index (κ3) is 4.05. The van der Waals surface area contributed by atoms with E-state index in [1.54, 1.807) is 30.6 Å². The number of sulfonamides is 1. The Labute approximate surface area is 145 Å². The van der Waals surface area contributed by atoms with Crippen LogP contribution < -0.4 is 4.72 Å². The number of aromatic nitrogens is 2. The topological polar surface area (TPSA) is 72.0 Å². The van der Waals surface area contributed by atoms with Gasteiger partial charge in [0.15, 0.2) is 0 Å². The highest BCUT2D eigenvalue weighted by Crippen LogP contribution is 2.22. The SMILES string of the molecule is Cc1cccc(S(=O)(=O)NCCc2csc(-c3cccnc3)n2)c1. The first-order valence-corrected chi connectivity index (χ1v) is 9.82. The summed E-state index contributed by atoms with van der Waals surface area (Å²) in [5, 5.41) is 2.84. The van der Waals surface area contributed by atoms with Crippen molar-refractivity contribution in [2.24, 2.45) is 0 Å². The fourth-order valence-corrected chi connectivity index (χ4v) is 4.20. The normalized spacial score (nSPS) is 11.5.